The number of hydrogen-bond acceptors (Lipinski definition) is 6. The molecule has 2 fully saturated rings. The van der Waals surface area contributed by atoms with Crippen LogP contribution >= 0.6 is 0 Å². The van der Waals surface area contributed by atoms with E-state index in [1.165, 1.54) is 0 Å². The van der Waals surface area contributed by atoms with Gasteiger partial charge >= 0.3 is 0 Å². The maximum Gasteiger partial charge on any atom is 0.213 e. The molecule has 26 heavy (non-hydrogen) atoms. The van der Waals surface area contributed by atoms with Crippen molar-refractivity contribution in [2.75, 3.05) is 38.2 Å². The Morgan fingerprint density at radius 3 is 2.73 bits per heavy atom. The van der Waals surface area contributed by atoms with Crippen LogP contribution in [0.2, 0.25) is 0 Å². The first-order valence-electron chi connectivity index (χ1n) is 9.05. The fourth-order valence-electron chi connectivity index (χ4n) is 4.24. The highest BCUT2D eigenvalue weighted by Crippen LogP contribution is 2.31. The molecule has 0 bridgehead atoms. The highest BCUT2D eigenvalue weighted by molar-refractivity contribution is 5.67. The number of hydrogen-bond donors (Lipinski definition) is 1. The molecule has 0 radical (unpaired) electrons. The van der Waals surface area contributed by atoms with E-state index in [0.717, 1.165) is 66.4 Å². The molecule has 5 rings (SSSR count). The second-order valence-electron chi connectivity index (χ2n) is 7.18. The molecular weight excluding hydrogens is 328 g/mol. The van der Waals surface area contributed by atoms with E-state index >= 15 is 0 Å². The molecule has 2 aliphatic heterocycles. The molecule has 1 N–H and O–H groups in total. The van der Waals surface area contributed by atoms with Gasteiger partial charge in [0.25, 0.3) is 0 Å². The second-order valence-corrected chi connectivity index (χ2v) is 7.18. The Morgan fingerprint density at radius 1 is 1.15 bits per heavy atom. The van der Waals surface area contributed by atoms with Crippen LogP contribution in [-0.2, 0) is 0 Å². The minimum absolute atomic E-state index is 0.591. The Hall–Kier alpha value is -2.67. The lowest BCUT2D eigenvalue weighted by Crippen LogP contribution is -2.26. The van der Waals surface area contributed by atoms with Crippen molar-refractivity contribution in [3.8, 4) is 17.1 Å². The van der Waals surface area contributed by atoms with Gasteiger partial charge in [-0.1, -0.05) is 0 Å². The molecule has 7 nitrogen and oxygen atoms in total. The van der Waals surface area contributed by atoms with E-state index in [9.17, 15) is 0 Å². The summed E-state index contributed by atoms with van der Waals surface area (Å²) in [5, 5.41) is 8.43. The molecule has 0 spiro atoms. The minimum atomic E-state index is 0.591. The summed E-state index contributed by atoms with van der Waals surface area (Å²) in [6.45, 7) is 6.40. The number of pyridine rings is 1. The van der Waals surface area contributed by atoms with Crippen LogP contribution in [0.15, 0.2) is 30.5 Å². The minimum Gasteiger partial charge on any atom is -0.481 e. The fraction of sp³-hybridized carbons (Fsp3) is 0.421. The third kappa shape index (κ3) is 2.42. The maximum atomic E-state index is 5.28. The van der Waals surface area contributed by atoms with Gasteiger partial charge in [0.05, 0.1) is 18.5 Å². The van der Waals surface area contributed by atoms with Gasteiger partial charge in [0.1, 0.15) is 5.82 Å². The van der Waals surface area contributed by atoms with Crippen molar-refractivity contribution in [1.82, 2.24) is 24.9 Å². The molecule has 0 amide bonds. The smallest absolute Gasteiger partial charge is 0.213 e. The Labute approximate surface area is 152 Å². The quantitative estimate of drug-likeness (QED) is 0.776. The number of methoxy groups -OCH3 is 1. The van der Waals surface area contributed by atoms with Gasteiger partial charge in [0.15, 0.2) is 5.65 Å². The molecule has 3 aromatic heterocycles. The zero-order valence-corrected chi connectivity index (χ0v) is 15.0. The predicted molar refractivity (Wildman–Crippen MR) is 99.6 cm³/mol. The van der Waals surface area contributed by atoms with Crippen molar-refractivity contribution in [2.45, 2.75) is 6.92 Å². The summed E-state index contributed by atoms with van der Waals surface area (Å²) < 4.78 is 7.23. The number of aryl methyl sites for hydroxylation is 1. The first-order valence-corrected chi connectivity index (χ1v) is 9.05. The summed E-state index contributed by atoms with van der Waals surface area (Å²) in [5.41, 5.74) is 3.81. The normalized spacial score (nSPS) is 22.2. The van der Waals surface area contributed by atoms with E-state index in [0.29, 0.717) is 5.88 Å². The summed E-state index contributed by atoms with van der Waals surface area (Å²) in [7, 11) is 1.63. The van der Waals surface area contributed by atoms with Crippen LogP contribution in [0.1, 0.15) is 5.69 Å². The lowest BCUT2D eigenvalue weighted by atomic mass is 10.0. The lowest BCUT2D eigenvalue weighted by Gasteiger charge is -2.18. The third-order valence-corrected chi connectivity index (χ3v) is 5.57. The van der Waals surface area contributed by atoms with Crippen LogP contribution in [0.25, 0.3) is 16.9 Å². The second kappa shape index (κ2) is 5.95. The first kappa shape index (κ1) is 15.6. The summed E-state index contributed by atoms with van der Waals surface area (Å²) in [6, 6.07) is 8.05. The number of imidazole rings is 1. The molecule has 0 aliphatic carbocycles. The average molecular weight is 350 g/mol. The van der Waals surface area contributed by atoms with Gasteiger partial charge in [-0.15, -0.1) is 5.10 Å². The Balaban J connectivity index is 1.57. The molecule has 3 aromatic rings. The molecule has 2 aliphatic rings. The maximum absolute atomic E-state index is 5.28. The van der Waals surface area contributed by atoms with E-state index < -0.39 is 0 Å². The van der Waals surface area contributed by atoms with Gasteiger partial charge in [-0.05, 0) is 37.0 Å². The van der Waals surface area contributed by atoms with E-state index in [4.69, 9.17) is 9.84 Å². The van der Waals surface area contributed by atoms with Gasteiger partial charge in [-0.3, -0.25) is 0 Å². The average Bonchev–Trinajstić information content (AvgIpc) is 3.33. The van der Waals surface area contributed by atoms with Crippen molar-refractivity contribution < 1.29 is 4.74 Å². The molecule has 2 unspecified atom stereocenters. The number of fused-ring (bicyclic) bond motifs is 2. The van der Waals surface area contributed by atoms with Crippen LogP contribution < -0.4 is 15.0 Å². The van der Waals surface area contributed by atoms with Gasteiger partial charge in [0.2, 0.25) is 5.88 Å². The Morgan fingerprint density at radius 2 is 1.96 bits per heavy atom. The monoisotopic (exact) mass is 350 g/mol. The number of aromatic nitrogens is 4. The number of anilines is 1. The van der Waals surface area contributed by atoms with Crippen LogP contribution in [0.3, 0.4) is 0 Å². The van der Waals surface area contributed by atoms with Crippen molar-refractivity contribution in [2.24, 2.45) is 11.8 Å². The van der Waals surface area contributed by atoms with Gasteiger partial charge in [0, 0.05) is 44.0 Å². The predicted octanol–water partition coefficient (Wildman–Crippen LogP) is 1.76. The van der Waals surface area contributed by atoms with Crippen molar-refractivity contribution in [3.63, 3.8) is 0 Å². The van der Waals surface area contributed by atoms with Crippen LogP contribution in [0, 0.1) is 18.8 Å². The number of rotatable bonds is 3. The summed E-state index contributed by atoms with van der Waals surface area (Å²) in [5.74, 6) is 3.08. The molecular formula is C19H22N6O. The van der Waals surface area contributed by atoms with Gasteiger partial charge < -0.3 is 15.0 Å². The van der Waals surface area contributed by atoms with Gasteiger partial charge in [-0.2, -0.15) is 0 Å². The van der Waals surface area contributed by atoms with E-state index in [1.807, 2.05) is 23.6 Å². The van der Waals surface area contributed by atoms with Crippen LogP contribution in [-0.4, -0.2) is 52.9 Å². The summed E-state index contributed by atoms with van der Waals surface area (Å²) in [6.07, 6.45) is 1.76. The van der Waals surface area contributed by atoms with Crippen molar-refractivity contribution >= 4 is 11.5 Å². The Kier molecular flexibility index (Phi) is 3.56. The Bertz CT molecular complexity index is 956. The van der Waals surface area contributed by atoms with E-state index in [-0.39, 0.29) is 0 Å². The lowest BCUT2D eigenvalue weighted by molar-refractivity contribution is 0.398. The first-order chi connectivity index (χ1) is 12.7. The van der Waals surface area contributed by atoms with E-state index in [2.05, 4.69) is 32.3 Å². The molecule has 5 heterocycles. The molecule has 2 atom stereocenters. The summed E-state index contributed by atoms with van der Waals surface area (Å²) >= 11 is 0. The standard InChI is InChI=1S/C19H22N6O/c1-12-19(13-5-6-21-18(7-13)26-2)25-16(22-12)3-4-17(23-25)24-10-14-8-20-9-15(14)11-24/h3-7,14-15,20H,8-11H2,1-2H3. The molecule has 7 heteroatoms. The number of ether oxygens (including phenoxy) is 1. The molecule has 0 saturated carbocycles. The number of nitrogens with zero attached hydrogens (tertiary/aromatic N) is 5. The third-order valence-electron chi connectivity index (χ3n) is 5.57. The molecule has 0 aromatic carbocycles. The van der Waals surface area contributed by atoms with Crippen molar-refractivity contribution in [1.29, 1.82) is 0 Å². The summed E-state index contributed by atoms with van der Waals surface area (Å²) in [4.78, 5) is 11.3. The largest absolute Gasteiger partial charge is 0.481 e. The topological polar surface area (TPSA) is 67.6 Å². The zero-order chi connectivity index (χ0) is 17.7. The van der Waals surface area contributed by atoms with Crippen molar-refractivity contribution in [3.05, 3.63) is 36.2 Å². The molecule has 134 valence electrons. The number of nitrogens with one attached hydrogen (secondary N) is 1. The van der Waals surface area contributed by atoms with E-state index in [1.54, 1.807) is 13.3 Å². The van der Waals surface area contributed by atoms with Gasteiger partial charge in [-0.25, -0.2) is 14.5 Å². The zero-order valence-electron chi connectivity index (χ0n) is 15.0. The SMILES string of the molecule is COc1cc(-c2c(C)nc3ccc(N4CC5CNCC5C4)nn23)ccn1. The molecule has 2 saturated heterocycles. The fourth-order valence-corrected chi connectivity index (χ4v) is 4.24. The van der Waals surface area contributed by atoms with Crippen LogP contribution in [0.5, 0.6) is 5.88 Å². The highest BCUT2D eigenvalue weighted by atomic mass is 16.5. The van der Waals surface area contributed by atoms with Crippen LogP contribution in [0.4, 0.5) is 5.82 Å². The highest BCUT2D eigenvalue weighted by Gasteiger charge is 2.36.